The molecule has 0 aliphatic heterocycles. The molecule has 3 heterocycles. The molecule has 0 radical (unpaired) electrons. The predicted octanol–water partition coefficient (Wildman–Crippen LogP) is 11.6. The van der Waals surface area contributed by atoms with E-state index in [1.807, 2.05) is 48.5 Å². The fourth-order valence-electron chi connectivity index (χ4n) is 7.02. The van der Waals surface area contributed by atoms with Gasteiger partial charge >= 0.3 is 0 Å². The summed E-state index contributed by atoms with van der Waals surface area (Å²) in [6, 6.07) is 58.0. The van der Waals surface area contributed by atoms with Crippen LogP contribution < -0.4 is 0 Å². The molecule has 7 aromatic carbocycles. The number of hydrogen-bond acceptors (Lipinski definition) is 7. The minimum absolute atomic E-state index is 0.603. The first-order valence-corrected chi connectivity index (χ1v) is 18.1. The number of aromatic nitrogens is 6. The van der Waals surface area contributed by atoms with Crippen molar-refractivity contribution < 1.29 is 0 Å². The second-order valence-electron chi connectivity index (χ2n) is 12.8. The van der Waals surface area contributed by atoms with Crippen molar-refractivity contribution in [2.75, 3.05) is 0 Å². The Bertz CT molecular complexity index is 2930. The van der Waals surface area contributed by atoms with Gasteiger partial charge in [-0.3, -0.25) is 0 Å². The van der Waals surface area contributed by atoms with E-state index < -0.39 is 0 Å². The number of para-hydroxylation sites is 1. The first kappa shape index (κ1) is 30.8. The van der Waals surface area contributed by atoms with Gasteiger partial charge in [0.25, 0.3) is 0 Å². The molecule has 10 rings (SSSR count). The molecular weight excluding hydrogens is 669 g/mol. The average Bonchev–Trinajstić information content (AvgIpc) is 3.74. The molecule has 0 spiro atoms. The second-order valence-corrected chi connectivity index (χ2v) is 13.4. The van der Waals surface area contributed by atoms with Gasteiger partial charge in [-0.1, -0.05) is 152 Å². The molecule has 0 N–H and O–H groups in total. The van der Waals surface area contributed by atoms with Gasteiger partial charge in [0.15, 0.2) is 17.5 Å². The lowest BCUT2D eigenvalue weighted by molar-refractivity contribution is 1.07. The molecule has 53 heavy (non-hydrogen) atoms. The molecule has 10 aromatic rings. The molecule has 7 heteroatoms. The van der Waals surface area contributed by atoms with Crippen LogP contribution in [0.3, 0.4) is 0 Å². The van der Waals surface area contributed by atoms with E-state index in [2.05, 4.69) is 121 Å². The Morgan fingerprint density at radius 1 is 0.340 bits per heavy atom. The molecule has 0 saturated heterocycles. The van der Waals surface area contributed by atoms with Crippen molar-refractivity contribution in [1.29, 1.82) is 0 Å². The molecule has 0 amide bonds. The van der Waals surface area contributed by atoms with E-state index in [0.29, 0.717) is 17.5 Å². The van der Waals surface area contributed by atoms with Crippen molar-refractivity contribution in [2.45, 2.75) is 0 Å². The van der Waals surface area contributed by atoms with Gasteiger partial charge in [0, 0.05) is 44.0 Å². The molecule has 3 aromatic heterocycles. The van der Waals surface area contributed by atoms with Gasteiger partial charge in [0.2, 0.25) is 0 Å². The zero-order valence-electron chi connectivity index (χ0n) is 28.3. The Balaban J connectivity index is 1.11. The standard InChI is InChI=1S/C46H28N6S/c1-4-13-29(14-5-1)34-19-12-20-35(27-34)46-49-44(32-17-8-3-9-18-32)48-45(50-46)33-25-23-30(24-26-33)37-28-38-40(43-42(37)51-53-52-43)36-21-10-11-22-39(36)47-41(38)31-15-6-2-7-16-31/h1-28H. The maximum atomic E-state index is 5.18. The quantitative estimate of drug-likeness (QED) is 0.161. The van der Waals surface area contributed by atoms with Crippen LogP contribution in [-0.4, -0.2) is 28.7 Å². The monoisotopic (exact) mass is 696 g/mol. The van der Waals surface area contributed by atoms with Crippen LogP contribution in [0.4, 0.5) is 0 Å². The average molecular weight is 697 g/mol. The van der Waals surface area contributed by atoms with E-state index in [-0.39, 0.29) is 0 Å². The van der Waals surface area contributed by atoms with E-state index in [1.54, 1.807) is 0 Å². The molecule has 0 saturated carbocycles. The molecule has 0 aliphatic carbocycles. The third-order valence-electron chi connectivity index (χ3n) is 9.60. The highest BCUT2D eigenvalue weighted by Crippen LogP contribution is 2.41. The van der Waals surface area contributed by atoms with Crippen molar-refractivity contribution in [3.63, 3.8) is 0 Å². The summed E-state index contributed by atoms with van der Waals surface area (Å²) in [7, 11) is 0. The summed E-state index contributed by atoms with van der Waals surface area (Å²) in [6.07, 6.45) is 0. The third kappa shape index (κ3) is 5.60. The van der Waals surface area contributed by atoms with Crippen LogP contribution >= 0.6 is 11.7 Å². The molecule has 6 nitrogen and oxygen atoms in total. The number of hydrogen-bond donors (Lipinski definition) is 0. The minimum atomic E-state index is 0.603. The van der Waals surface area contributed by atoms with Gasteiger partial charge in [0.05, 0.1) is 22.9 Å². The van der Waals surface area contributed by atoms with Crippen LogP contribution in [-0.2, 0) is 0 Å². The van der Waals surface area contributed by atoms with Crippen molar-refractivity contribution in [2.24, 2.45) is 0 Å². The Kier molecular flexibility index (Phi) is 7.55. The predicted molar refractivity (Wildman–Crippen MR) is 216 cm³/mol. The van der Waals surface area contributed by atoms with Crippen molar-refractivity contribution in [1.82, 2.24) is 28.7 Å². The lowest BCUT2D eigenvalue weighted by Gasteiger charge is -2.13. The summed E-state index contributed by atoms with van der Waals surface area (Å²) in [4.78, 5) is 20.2. The second kappa shape index (κ2) is 13.0. The molecule has 248 valence electrons. The van der Waals surface area contributed by atoms with Crippen molar-refractivity contribution >= 4 is 44.4 Å². The minimum Gasteiger partial charge on any atom is -0.247 e. The third-order valence-corrected chi connectivity index (χ3v) is 10.1. The van der Waals surface area contributed by atoms with Crippen LogP contribution in [0.15, 0.2) is 170 Å². The van der Waals surface area contributed by atoms with E-state index >= 15 is 0 Å². The van der Waals surface area contributed by atoms with Crippen LogP contribution in [0.25, 0.3) is 100 Å². The number of fused-ring (bicyclic) bond motifs is 5. The largest absolute Gasteiger partial charge is 0.247 e. The zero-order chi connectivity index (χ0) is 35.1. The van der Waals surface area contributed by atoms with Gasteiger partial charge in [-0.25, -0.2) is 19.9 Å². The molecule has 0 unspecified atom stereocenters. The van der Waals surface area contributed by atoms with Gasteiger partial charge in [-0.05, 0) is 34.9 Å². The SMILES string of the molecule is c1ccc(-c2cccc(-c3nc(-c4ccccc4)nc(-c4ccc(-c5cc6c(-c7ccccc7)nc7ccccc7c6c6nsnc56)cc4)n3)c2)cc1. The number of nitrogens with zero attached hydrogens (tertiary/aromatic N) is 6. The summed E-state index contributed by atoms with van der Waals surface area (Å²) in [5.41, 5.74) is 11.7. The molecule has 0 fully saturated rings. The van der Waals surface area contributed by atoms with Gasteiger partial charge < -0.3 is 0 Å². The fourth-order valence-corrected chi connectivity index (χ4v) is 7.58. The smallest absolute Gasteiger partial charge is 0.164 e. The number of rotatable bonds is 6. The first-order chi connectivity index (χ1) is 26.3. The van der Waals surface area contributed by atoms with Gasteiger partial charge in [-0.2, -0.15) is 8.75 Å². The van der Waals surface area contributed by atoms with Crippen molar-refractivity contribution in [3.8, 4) is 67.7 Å². The lowest BCUT2D eigenvalue weighted by Crippen LogP contribution is -2.00. The van der Waals surface area contributed by atoms with Crippen LogP contribution in [0.2, 0.25) is 0 Å². The van der Waals surface area contributed by atoms with Crippen LogP contribution in [0.1, 0.15) is 0 Å². The summed E-state index contributed by atoms with van der Waals surface area (Å²) < 4.78 is 9.69. The molecule has 0 bridgehead atoms. The molecular formula is C46H28N6S. The number of pyridine rings is 1. The highest BCUT2D eigenvalue weighted by Gasteiger charge is 2.20. The summed E-state index contributed by atoms with van der Waals surface area (Å²) >= 11 is 1.24. The van der Waals surface area contributed by atoms with Crippen molar-refractivity contribution in [3.05, 3.63) is 170 Å². The van der Waals surface area contributed by atoms with E-state index in [9.17, 15) is 0 Å². The van der Waals surface area contributed by atoms with Crippen LogP contribution in [0.5, 0.6) is 0 Å². The van der Waals surface area contributed by atoms with Crippen LogP contribution in [0, 0.1) is 0 Å². The first-order valence-electron chi connectivity index (χ1n) is 17.4. The maximum absolute atomic E-state index is 5.18. The normalized spacial score (nSPS) is 11.4. The maximum Gasteiger partial charge on any atom is 0.164 e. The summed E-state index contributed by atoms with van der Waals surface area (Å²) in [5, 5.41) is 3.18. The lowest BCUT2D eigenvalue weighted by atomic mass is 9.94. The summed E-state index contributed by atoms with van der Waals surface area (Å²) in [5.74, 6) is 1.85. The fraction of sp³-hybridized carbons (Fsp3) is 0. The van der Waals surface area contributed by atoms with Gasteiger partial charge in [-0.15, -0.1) is 0 Å². The number of benzene rings is 7. The Hall–Kier alpha value is -6.96. The highest BCUT2D eigenvalue weighted by molar-refractivity contribution is 7.00. The summed E-state index contributed by atoms with van der Waals surface area (Å²) in [6.45, 7) is 0. The molecule has 0 atom stereocenters. The topological polar surface area (TPSA) is 77.3 Å². The van der Waals surface area contributed by atoms with E-state index in [1.165, 1.54) is 11.7 Å². The van der Waals surface area contributed by atoms with Gasteiger partial charge in [0.1, 0.15) is 11.0 Å². The zero-order valence-corrected chi connectivity index (χ0v) is 29.1. The Morgan fingerprint density at radius 3 is 1.58 bits per heavy atom. The Labute approximate surface area is 309 Å². The Morgan fingerprint density at radius 2 is 0.868 bits per heavy atom. The highest BCUT2D eigenvalue weighted by atomic mass is 32.1. The van der Waals surface area contributed by atoms with E-state index in [4.69, 9.17) is 28.7 Å². The molecule has 0 aliphatic rings. The van der Waals surface area contributed by atoms with E-state index in [0.717, 1.165) is 82.9 Å².